The number of amides is 1. The zero-order valence-corrected chi connectivity index (χ0v) is 23.0. The number of nitrogens with zero attached hydrogens (tertiary/aromatic N) is 1. The Morgan fingerprint density at radius 1 is 0.886 bits per heavy atom. The van der Waals surface area contributed by atoms with Gasteiger partial charge < -0.3 is 18.7 Å². The number of hydrogen-bond acceptors (Lipinski definition) is 5. The number of rotatable bonds is 8. The first-order valence-corrected chi connectivity index (χ1v) is 12.3. The van der Waals surface area contributed by atoms with Gasteiger partial charge in [-0.15, -0.1) is 0 Å². The minimum absolute atomic E-state index is 0. The average Bonchev–Trinajstić information content (AvgIpc) is 3.34. The van der Waals surface area contributed by atoms with Gasteiger partial charge in [-0.1, -0.05) is 71.7 Å². The Hall–Kier alpha value is -2.10. The molecule has 0 aliphatic carbocycles. The molecule has 4 aromatic rings. The van der Waals surface area contributed by atoms with Crippen molar-refractivity contribution in [3.05, 3.63) is 117 Å². The van der Waals surface area contributed by atoms with E-state index in [9.17, 15) is 13.2 Å². The summed E-state index contributed by atoms with van der Waals surface area (Å²) in [5.41, 5.74) is 2.95. The molecule has 0 saturated carbocycles. The molecule has 6 nitrogen and oxygen atoms in total. The summed E-state index contributed by atoms with van der Waals surface area (Å²) >= 11 is 11.7. The van der Waals surface area contributed by atoms with Gasteiger partial charge >= 0.3 is 29.6 Å². The topological polar surface area (TPSA) is 87.7 Å². The van der Waals surface area contributed by atoms with Crippen LogP contribution in [0.3, 0.4) is 0 Å². The van der Waals surface area contributed by atoms with Gasteiger partial charge in [0.25, 0.3) is 0 Å². The summed E-state index contributed by atoms with van der Waals surface area (Å²) in [7, 11) is -4.27. The summed E-state index contributed by atoms with van der Waals surface area (Å²) in [6.07, 6.45) is 1.63. The average molecular weight is 538 g/mol. The van der Waals surface area contributed by atoms with Crippen LogP contribution in [0.25, 0.3) is 16.0 Å². The smallest absolute Gasteiger partial charge is 0.538 e. The van der Waals surface area contributed by atoms with Crippen LogP contribution >= 0.6 is 23.2 Å². The van der Waals surface area contributed by atoms with Crippen LogP contribution in [0.5, 0.6) is 0 Å². The third-order valence-electron chi connectivity index (χ3n) is 4.87. The van der Waals surface area contributed by atoms with Gasteiger partial charge in [0.2, 0.25) is 0 Å². The van der Waals surface area contributed by atoms with Crippen LogP contribution in [0.15, 0.2) is 94.4 Å². The molecule has 0 N–H and O–H groups in total. The minimum atomic E-state index is -4.27. The van der Waals surface area contributed by atoms with Crippen molar-refractivity contribution in [3.8, 4) is 11.3 Å². The number of sulfonamides is 1. The van der Waals surface area contributed by atoms with E-state index in [1.165, 1.54) is 30.3 Å². The molecule has 0 unspecified atom stereocenters. The monoisotopic (exact) mass is 537 g/mol. The largest absolute Gasteiger partial charge is 1.00 e. The van der Waals surface area contributed by atoms with Crippen LogP contribution < -0.4 is 29.6 Å². The van der Waals surface area contributed by atoms with Crippen LogP contribution in [0.2, 0.25) is 10.0 Å². The molecule has 0 bridgehead atoms. The summed E-state index contributed by atoms with van der Waals surface area (Å²) in [6.45, 7) is 0.735. The predicted molar refractivity (Wildman–Crippen MR) is 130 cm³/mol. The fourth-order valence-corrected chi connectivity index (χ4v) is 4.80. The molecule has 1 aromatic heterocycles. The molecule has 1 heterocycles. The first kappa shape index (κ1) is 27.5. The van der Waals surface area contributed by atoms with E-state index < -0.39 is 15.9 Å². The van der Waals surface area contributed by atoms with E-state index in [1.807, 2.05) is 36.4 Å². The molecule has 0 aliphatic heterocycles. The fourth-order valence-electron chi connectivity index (χ4n) is 3.13. The molecular weight excluding hydrogens is 520 g/mol. The van der Waals surface area contributed by atoms with Gasteiger partial charge in [-0.05, 0) is 47.0 Å². The Labute approximate surface area is 235 Å². The van der Waals surface area contributed by atoms with E-state index in [-0.39, 0.29) is 50.1 Å². The number of hydrogen-bond donors (Lipinski definition) is 0. The first-order valence-electron chi connectivity index (χ1n) is 10.1. The van der Waals surface area contributed by atoms with Crippen molar-refractivity contribution in [3.63, 3.8) is 0 Å². The van der Waals surface area contributed by atoms with Crippen LogP contribution in [-0.2, 0) is 28.0 Å². The van der Waals surface area contributed by atoms with Gasteiger partial charge in [0.1, 0.15) is 15.8 Å². The Bertz CT molecular complexity index is 1390. The van der Waals surface area contributed by atoms with Gasteiger partial charge in [-0.25, -0.2) is 8.42 Å². The number of furan rings is 1. The van der Waals surface area contributed by atoms with Crippen molar-refractivity contribution in [1.82, 2.24) is 0 Å². The van der Waals surface area contributed by atoms with Crippen molar-refractivity contribution >= 4 is 39.1 Å². The molecule has 1 amide bonds. The molecule has 0 spiro atoms. The van der Waals surface area contributed by atoms with Crippen LogP contribution in [0, 0.1) is 0 Å². The minimum Gasteiger partial charge on any atom is -0.538 e. The van der Waals surface area contributed by atoms with Gasteiger partial charge in [0.05, 0.1) is 35.3 Å². The van der Waals surface area contributed by atoms with Crippen LogP contribution in [-0.4, -0.2) is 14.3 Å². The Morgan fingerprint density at radius 3 is 2.09 bits per heavy atom. The molecule has 3 aromatic carbocycles. The van der Waals surface area contributed by atoms with E-state index in [1.54, 1.807) is 18.4 Å². The molecule has 0 saturated heterocycles. The quantitative estimate of drug-likeness (QED) is 0.318. The fraction of sp³-hybridized carbons (Fsp3) is 0.0800. The second kappa shape index (κ2) is 12.2. The number of ether oxygens (including phenoxy) is 1. The number of halogens is 2. The van der Waals surface area contributed by atoms with E-state index >= 15 is 0 Å². The molecule has 0 radical (unpaired) electrons. The van der Waals surface area contributed by atoms with Gasteiger partial charge in [0, 0.05) is 10.6 Å². The number of carbonyl (C=O) groups is 1. The summed E-state index contributed by atoms with van der Waals surface area (Å²) in [4.78, 5) is 12.1. The molecular formula is C25H18Cl2NNaO5S. The van der Waals surface area contributed by atoms with Gasteiger partial charge in [0.15, 0.2) is 0 Å². The SMILES string of the molecule is O=C([N-]S(=O)(=O)c1ccc(Cl)cc1Cl)c1ccc(COCc2ccc(-c3ccco3)cc2)cc1.[Na+]. The van der Waals surface area contributed by atoms with Crippen LogP contribution in [0.4, 0.5) is 0 Å². The third-order valence-corrected chi connectivity index (χ3v) is 6.85. The maximum absolute atomic E-state index is 12.4. The van der Waals surface area contributed by atoms with Gasteiger partial charge in [-0.3, -0.25) is 0 Å². The van der Waals surface area contributed by atoms with Gasteiger partial charge in [-0.2, -0.15) is 0 Å². The number of benzene rings is 3. The second-order valence-corrected chi connectivity index (χ2v) is 9.73. The normalized spacial score (nSPS) is 11.0. The van der Waals surface area contributed by atoms with Crippen molar-refractivity contribution in [1.29, 1.82) is 0 Å². The summed E-state index contributed by atoms with van der Waals surface area (Å²) in [5, 5.41) is 0.172. The maximum atomic E-state index is 12.4. The summed E-state index contributed by atoms with van der Waals surface area (Å²) in [6, 6.07) is 21.8. The van der Waals surface area contributed by atoms with Crippen molar-refractivity contribution < 1.29 is 51.9 Å². The standard InChI is InChI=1S/C25H19Cl2NO5S.Na/c26-21-11-12-24(22(27)14-21)34(30,31)28-25(29)20-9-5-18(6-10-20)16-32-15-17-3-7-19(8-4-17)23-2-1-13-33-23;/h1-14H,15-16H2,(H,28,29);/q;+1/p-1. The first-order chi connectivity index (χ1) is 16.3. The molecule has 174 valence electrons. The van der Waals surface area contributed by atoms with Crippen molar-refractivity contribution in [2.24, 2.45) is 0 Å². The van der Waals surface area contributed by atoms with E-state index in [0.717, 1.165) is 22.5 Å². The predicted octanol–water partition coefficient (Wildman–Crippen LogP) is 3.88. The third kappa shape index (κ3) is 7.21. The van der Waals surface area contributed by atoms with Crippen LogP contribution in [0.1, 0.15) is 21.5 Å². The Balaban J connectivity index is 0.00000342. The van der Waals surface area contributed by atoms with E-state index in [0.29, 0.717) is 13.2 Å². The zero-order chi connectivity index (χ0) is 24.1. The number of carbonyl (C=O) groups excluding carboxylic acids is 1. The maximum Gasteiger partial charge on any atom is 1.00 e. The Kier molecular flexibility index (Phi) is 9.61. The van der Waals surface area contributed by atoms with E-state index in [4.69, 9.17) is 32.4 Å². The zero-order valence-electron chi connectivity index (χ0n) is 18.6. The molecule has 35 heavy (non-hydrogen) atoms. The molecule has 4 rings (SSSR count). The van der Waals surface area contributed by atoms with Crippen molar-refractivity contribution in [2.45, 2.75) is 18.1 Å². The van der Waals surface area contributed by atoms with Crippen molar-refractivity contribution in [2.75, 3.05) is 0 Å². The summed E-state index contributed by atoms with van der Waals surface area (Å²) in [5.74, 6) is -0.0898. The summed E-state index contributed by atoms with van der Waals surface area (Å²) < 4.78 is 39.4. The Morgan fingerprint density at radius 2 is 1.51 bits per heavy atom. The molecule has 0 aliphatic rings. The molecule has 0 atom stereocenters. The van der Waals surface area contributed by atoms with E-state index in [2.05, 4.69) is 4.72 Å². The molecule has 10 heteroatoms. The molecule has 0 fully saturated rings. The second-order valence-electron chi connectivity index (χ2n) is 7.31.